The Hall–Kier alpha value is -0.610. The van der Waals surface area contributed by atoms with E-state index in [0.29, 0.717) is 12.5 Å². The Morgan fingerprint density at radius 2 is 2.00 bits per heavy atom. The summed E-state index contributed by atoms with van der Waals surface area (Å²) in [6, 6.07) is 0. The fourth-order valence-electron chi connectivity index (χ4n) is 1.55. The molecule has 0 radical (unpaired) electrons. The van der Waals surface area contributed by atoms with Gasteiger partial charge in [-0.3, -0.25) is 9.69 Å². The fourth-order valence-corrected chi connectivity index (χ4v) is 1.55. The first-order valence-corrected chi connectivity index (χ1v) is 6.62. The molecule has 0 aromatic rings. The summed E-state index contributed by atoms with van der Waals surface area (Å²) in [5.41, 5.74) is 0. The van der Waals surface area contributed by atoms with Crippen molar-refractivity contribution in [1.82, 2.24) is 10.2 Å². The van der Waals surface area contributed by atoms with Crippen LogP contribution in [0.25, 0.3) is 0 Å². The van der Waals surface area contributed by atoms with Crippen LogP contribution in [0, 0.1) is 5.92 Å². The Morgan fingerprint density at radius 1 is 1.29 bits per heavy atom. The summed E-state index contributed by atoms with van der Waals surface area (Å²) < 4.78 is 0. The molecule has 0 spiro atoms. The maximum Gasteiger partial charge on any atom is 0.234 e. The highest BCUT2D eigenvalue weighted by Gasteiger charge is 2.05. The molecule has 17 heavy (non-hydrogen) atoms. The molecule has 0 heterocycles. The van der Waals surface area contributed by atoms with Crippen molar-refractivity contribution in [2.24, 2.45) is 5.92 Å². The molecule has 0 atom stereocenters. The second kappa shape index (κ2) is 10.5. The summed E-state index contributed by atoms with van der Waals surface area (Å²) in [6.45, 7) is 6.72. The van der Waals surface area contributed by atoms with Crippen LogP contribution in [0.4, 0.5) is 0 Å². The Balaban J connectivity index is 3.45. The van der Waals surface area contributed by atoms with Crippen molar-refractivity contribution in [3.63, 3.8) is 0 Å². The third-order valence-corrected chi connectivity index (χ3v) is 2.66. The van der Waals surface area contributed by atoms with Crippen molar-refractivity contribution in [3.05, 3.63) is 0 Å². The summed E-state index contributed by atoms with van der Waals surface area (Å²) in [5, 5.41) is 11.6. The lowest BCUT2D eigenvalue weighted by Gasteiger charge is -2.16. The number of unbranched alkanes of at least 4 members (excludes halogenated alkanes) is 2. The summed E-state index contributed by atoms with van der Waals surface area (Å²) >= 11 is 0. The zero-order chi connectivity index (χ0) is 13.1. The van der Waals surface area contributed by atoms with Gasteiger partial charge in [-0.25, -0.2) is 0 Å². The first-order valence-electron chi connectivity index (χ1n) is 6.62. The minimum absolute atomic E-state index is 0.107. The van der Waals surface area contributed by atoms with E-state index in [2.05, 4.69) is 19.2 Å². The lowest BCUT2D eigenvalue weighted by atomic mass is 10.1. The van der Waals surface area contributed by atoms with E-state index in [1.165, 1.54) is 0 Å². The number of aliphatic hydroxyl groups is 1. The minimum Gasteiger partial charge on any atom is -0.396 e. The third-order valence-electron chi connectivity index (χ3n) is 2.66. The molecule has 0 aliphatic heterocycles. The van der Waals surface area contributed by atoms with Crippen molar-refractivity contribution in [3.8, 4) is 0 Å². The number of nitrogens with zero attached hydrogens (tertiary/aromatic N) is 1. The predicted molar refractivity (Wildman–Crippen MR) is 70.9 cm³/mol. The Morgan fingerprint density at radius 3 is 2.59 bits per heavy atom. The highest BCUT2D eigenvalue weighted by Crippen LogP contribution is 1.97. The molecule has 4 heteroatoms. The van der Waals surface area contributed by atoms with Crippen LogP contribution in [-0.2, 0) is 4.79 Å². The van der Waals surface area contributed by atoms with Gasteiger partial charge in [-0.15, -0.1) is 0 Å². The maximum absolute atomic E-state index is 11.5. The average Bonchev–Trinajstić information content (AvgIpc) is 2.23. The van der Waals surface area contributed by atoms with Crippen LogP contribution >= 0.6 is 0 Å². The quantitative estimate of drug-likeness (QED) is 0.569. The second-order valence-electron chi connectivity index (χ2n) is 5.05. The molecule has 0 aliphatic rings. The molecule has 0 fully saturated rings. The standard InChI is InChI=1S/C13H28N2O2/c1-12(2)7-8-14-13(17)11-15(3)9-5-4-6-10-16/h12,16H,4-11H2,1-3H3,(H,14,17). The number of rotatable bonds is 10. The average molecular weight is 244 g/mol. The molecule has 0 bridgehead atoms. The number of hydrogen-bond donors (Lipinski definition) is 2. The molecule has 0 rings (SSSR count). The van der Waals surface area contributed by atoms with Crippen LogP contribution in [0.5, 0.6) is 0 Å². The molecule has 0 aromatic heterocycles. The normalized spacial score (nSPS) is 11.2. The van der Waals surface area contributed by atoms with Crippen LogP contribution in [-0.4, -0.2) is 49.2 Å². The van der Waals surface area contributed by atoms with Gasteiger partial charge in [0.15, 0.2) is 0 Å². The van der Waals surface area contributed by atoms with Crippen LogP contribution in [0.1, 0.15) is 39.5 Å². The van der Waals surface area contributed by atoms with E-state index in [-0.39, 0.29) is 12.5 Å². The highest BCUT2D eigenvalue weighted by atomic mass is 16.2. The van der Waals surface area contributed by atoms with Crippen molar-refractivity contribution in [1.29, 1.82) is 0 Å². The lowest BCUT2D eigenvalue weighted by molar-refractivity contribution is -0.122. The van der Waals surface area contributed by atoms with Crippen molar-refractivity contribution < 1.29 is 9.90 Å². The van der Waals surface area contributed by atoms with E-state index in [1.54, 1.807) is 0 Å². The molecule has 0 aromatic carbocycles. The van der Waals surface area contributed by atoms with Gasteiger partial charge in [0.05, 0.1) is 6.54 Å². The summed E-state index contributed by atoms with van der Waals surface area (Å²) in [7, 11) is 1.96. The second-order valence-corrected chi connectivity index (χ2v) is 5.05. The Labute approximate surface area is 105 Å². The highest BCUT2D eigenvalue weighted by molar-refractivity contribution is 5.77. The summed E-state index contributed by atoms with van der Waals surface area (Å²) in [5.74, 6) is 0.738. The number of amides is 1. The zero-order valence-corrected chi connectivity index (χ0v) is 11.5. The number of hydrogen-bond acceptors (Lipinski definition) is 3. The number of likely N-dealkylation sites (N-methyl/N-ethyl adjacent to an activating group) is 1. The largest absolute Gasteiger partial charge is 0.396 e. The molecule has 2 N–H and O–H groups in total. The first-order chi connectivity index (χ1) is 8.06. The van der Waals surface area contributed by atoms with Gasteiger partial charge in [-0.05, 0) is 45.2 Å². The van der Waals surface area contributed by atoms with E-state index in [1.807, 2.05) is 11.9 Å². The van der Waals surface area contributed by atoms with Crippen LogP contribution in [0.3, 0.4) is 0 Å². The van der Waals surface area contributed by atoms with E-state index in [4.69, 9.17) is 5.11 Å². The van der Waals surface area contributed by atoms with Gasteiger partial charge in [-0.1, -0.05) is 13.8 Å². The van der Waals surface area contributed by atoms with E-state index >= 15 is 0 Å². The maximum atomic E-state index is 11.5. The SMILES string of the molecule is CC(C)CCNC(=O)CN(C)CCCCCO. The molecular weight excluding hydrogens is 216 g/mol. The van der Waals surface area contributed by atoms with Crippen molar-refractivity contribution in [2.45, 2.75) is 39.5 Å². The predicted octanol–water partition coefficient (Wildman–Crippen LogP) is 1.24. The number of carbonyl (C=O) groups is 1. The van der Waals surface area contributed by atoms with E-state index in [9.17, 15) is 4.79 Å². The van der Waals surface area contributed by atoms with Crippen LogP contribution < -0.4 is 5.32 Å². The zero-order valence-electron chi connectivity index (χ0n) is 11.5. The van der Waals surface area contributed by atoms with E-state index in [0.717, 1.165) is 38.8 Å². The van der Waals surface area contributed by atoms with Crippen molar-refractivity contribution >= 4 is 5.91 Å². The van der Waals surface area contributed by atoms with Gasteiger partial charge in [0.25, 0.3) is 0 Å². The fraction of sp³-hybridized carbons (Fsp3) is 0.923. The molecule has 0 unspecified atom stereocenters. The molecule has 102 valence electrons. The van der Waals surface area contributed by atoms with Gasteiger partial charge in [-0.2, -0.15) is 0 Å². The molecule has 0 saturated carbocycles. The van der Waals surface area contributed by atoms with Gasteiger partial charge in [0, 0.05) is 13.2 Å². The molecule has 0 aliphatic carbocycles. The van der Waals surface area contributed by atoms with E-state index < -0.39 is 0 Å². The first kappa shape index (κ1) is 16.4. The number of aliphatic hydroxyl groups excluding tert-OH is 1. The smallest absolute Gasteiger partial charge is 0.234 e. The molecular formula is C13H28N2O2. The van der Waals surface area contributed by atoms with Crippen molar-refractivity contribution in [2.75, 3.05) is 33.3 Å². The van der Waals surface area contributed by atoms with Gasteiger partial charge >= 0.3 is 0 Å². The number of nitrogens with one attached hydrogen (secondary N) is 1. The monoisotopic (exact) mass is 244 g/mol. The lowest BCUT2D eigenvalue weighted by Crippen LogP contribution is -2.36. The van der Waals surface area contributed by atoms with Gasteiger partial charge in [0.2, 0.25) is 5.91 Å². The Bertz CT molecular complexity index is 196. The minimum atomic E-state index is 0.107. The van der Waals surface area contributed by atoms with Crippen LogP contribution in [0.2, 0.25) is 0 Å². The van der Waals surface area contributed by atoms with Gasteiger partial charge < -0.3 is 10.4 Å². The topological polar surface area (TPSA) is 52.6 Å². The summed E-state index contributed by atoms with van der Waals surface area (Å²) in [4.78, 5) is 13.6. The third kappa shape index (κ3) is 11.6. The molecule has 4 nitrogen and oxygen atoms in total. The molecule has 1 amide bonds. The molecule has 0 saturated heterocycles. The summed E-state index contributed by atoms with van der Waals surface area (Å²) in [6.07, 6.45) is 3.95. The number of carbonyl (C=O) groups excluding carboxylic acids is 1. The van der Waals surface area contributed by atoms with Crippen LogP contribution in [0.15, 0.2) is 0 Å². The van der Waals surface area contributed by atoms with Gasteiger partial charge in [0.1, 0.15) is 0 Å². The Kier molecular flexibility index (Phi) is 10.2.